The van der Waals surface area contributed by atoms with Crippen LogP contribution in [0.3, 0.4) is 0 Å². The van der Waals surface area contributed by atoms with Crippen molar-refractivity contribution in [3.05, 3.63) is 76.7 Å². The highest BCUT2D eigenvalue weighted by Gasteiger charge is 2.14. The fourth-order valence-electron chi connectivity index (χ4n) is 3.13. The number of carbonyl (C=O) groups is 1. The van der Waals surface area contributed by atoms with Crippen molar-refractivity contribution in [1.29, 1.82) is 0 Å². The average Bonchev–Trinajstić information content (AvgIpc) is 3.46. The van der Waals surface area contributed by atoms with Gasteiger partial charge in [-0.3, -0.25) is 0 Å². The van der Waals surface area contributed by atoms with Crippen molar-refractivity contribution in [3.63, 3.8) is 0 Å². The van der Waals surface area contributed by atoms with Gasteiger partial charge in [0.05, 0.1) is 19.4 Å². The molecule has 0 spiro atoms. The van der Waals surface area contributed by atoms with Crippen molar-refractivity contribution < 1.29 is 27.9 Å². The van der Waals surface area contributed by atoms with Crippen LogP contribution in [0.1, 0.15) is 21.1 Å². The summed E-state index contributed by atoms with van der Waals surface area (Å²) in [6, 6.07) is 14.5. The zero-order chi connectivity index (χ0) is 24.3. The molecule has 0 saturated heterocycles. The zero-order valence-electron chi connectivity index (χ0n) is 19.6. The molecule has 6 nitrogen and oxygen atoms in total. The Morgan fingerprint density at radius 3 is 2.84 bits per heavy atom. The minimum absolute atomic E-state index is 0.142. The van der Waals surface area contributed by atoms with E-state index in [-0.39, 0.29) is 30.4 Å². The Bertz CT molecular complexity index is 1340. The van der Waals surface area contributed by atoms with Crippen molar-refractivity contribution >= 4 is 33.5 Å². The number of aliphatic carboxylic acids is 1. The first-order valence-electron chi connectivity index (χ1n) is 11.0. The van der Waals surface area contributed by atoms with E-state index in [4.69, 9.17) is 18.0 Å². The standard InChI is InChI=1S/C24H21NO5S/c1-15-19(25-23(30-15)16-6-4-3-5-7-16)10-12-29-20-9-8-17(14-21(28-2)24(26)27)22-18(20)11-13-31-22/h3-9,11,13-14H,10,12H2,1-2H3,(H,26,27)/b21-14-/i1D3. The van der Waals surface area contributed by atoms with E-state index in [1.807, 2.05) is 29.6 Å². The summed E-state index contributed by atoms with van der Waals surface area (Å²) >= 11 is 1.45. The molecular formula is C24H21NO5S. The minimum atomic E-state index is -2.44. The van der Waals surface area contributed by atoms with Crippen LogP contribution in [0.4, 0.5) is 0 Å². The Balaban J connectivity index is 1.56. The molecule has 0 atom stereocenters. The molecule has 31 heavy (non-hydrogen) atoms. The van der Waals surface area contributed by atoms with Gasteiger partial charge in [0, 0.05) is 26.2 Å². The van der Waals surface area contributed by atoms with Crippen molar-refractivity contribution in [3.8, 4) is 17.2 Å². The number of fused-ring (bicyclic) bond motifs is 1. The number of nitrogens with zero attached hydrogens (tertiary/aromatic N) is 1. The number of aromatic nitrogens is 1. The molecular weight excluding hydrogens is 414 g/mol. The second kappa shape index (κ2) is 9.06. The summed E-state index contributed by atoms with van der Waals surface area (Å²) in [5.41, 5.74) is 1.72. The molecule has 0 aliphatic heterocycles. The lowest BCUT2D eigenvalue weighted by Gasteiger charge is -2.09. The summed E-state index contributed by atoms with van der Waals surface area (Å²) < 4.78 is 40.8. The summed E-state index contributed by atoms with van der Waals surface area (Å²) in [6.45, 7) is -2.25. The monoisotopic (exact) mass is 438 g/mol. The number of hydrogen-bond acceptors (Lipinski definition) is 6. The molecule has 0 aliphatic rings. The van der Waals surface area contributed by atoms with Gasteiger partial charge in [-0.15, -0.1) is 11.3 Å². The number of ether oxygens (including phenoxy) is 2. The third kappa shape index (κ3) is 4.46. The van der Waals surface area contributed by atoms with Gasteiger partial charge in [-0.1, -0.05) is 18.2 Å². The second-order valence-electron chi connectivity index (χ2n) is 6.59. The van der Waals surface area contributed by atoms with Crippen LogP contribution in [0.5, 0.6) is 5.75 Å². The molecule has 1 N–H and O–H groups in total. The molecule has 2 aromatic carbocycles. The van der Waals surface area contributed by atoms with E-state index in [0.29, 0.717) is 22.6 Å². The molecule has 0 aliphatic carbocycles. The van der Waals surface area contributed by atoms with E-state index in [2.05, 4.69) is 4.98 Å². The molecule has 7 heteroatoms. The summed E-state index contributed by atoms with van der Waals surface area (Å²) in [5, 5.41) is 11.9. The first kappa shape index (κ1) is 17.1. The van der Waals surface area contributed by atoms with Gasteiger partial charge in [0.25, 0.3) is 0 Å². The number of carboxylic acids is 1. The van der Waals surface area contributed by atoms with Crippen LogP contribution in [-0.2, 0) is 16.0 Å². The minimum Gasteiger partial charge on any atom is -0.493 e. The maximum atomic E-state index is 11.3. The molecule has 0 saturated carbocycles. The number of carboxylic acid groups (broad SMARTS) is 1. The van der Waals surface area contributed by atoms with Crippen molar-refractivity contribution in [1.82, 2.24) is 4.98 Å². The molecule has 0 bridgehead atoms. The summed E-state index contributed by atoms with van der Waals surface area (Å²) in [4.78, 5) is 15.7. The third-order valence-electron chi connectivity index (χ3n) is 4.64. The van der Waals surface area contributed by atoms with Crippen molar-refractivity contribution in [2.24, 2.45) is 0 Å². The first-order valence-corrected chi connectivity index (χ1v) is 10.3. The van der Waals surface area contributed by atoms with Crippen LogP contribution in [0.2, 0.25) is 0 Å². The fraction of sp³-hybridized carbons (Fsp3) is 0.167. The zero-order valence-corrected chi connectivity index (χ0v) is 17.4. The molecule has 4 aromatic rings. The maximum Gasteiger partial charge on any atom is 0.371 e. The van der Waals surface area contributed by atoms with Crippen LogP contribution in [0, 0.1) is 6.85 Å². The van der Waals surface area contributed by atoms with Gasteiger partial charge >= 0.3 is 5.97 Å². The van der Waals surface area contributed by atoms with Crippen molar-refractivity contribution in [2.45, 2.75) is 13.3 Å². The number of rotatable bonds is 8. The van der Waals surface area contributed by atoms with Crippen LogP contribution in [-0.4, -0.2) is 29.8 Å². The smallest absolute Gasteiger partial charge is 0.371 e. The SMILES string of the molecule is [2H]C([2H])([2H])c1oc(-c2ccccc2)nc1CCOc1ccc(/C=C(\OC)C(=O)O)c2sccc12. The summed E-state index contributed by atoms with van der Waals surface area (Å²) in [6.07, 6.45) is 1.71. The van der Waals surface area contributed by atoms with Crippen LogP contribution in [0.15, 0.2) is 64.1 Å². The molecule has 2 aromatic heterocycles. The largest absolute Gasteiger partial charge is 0.493 e. The third-order valence-corrected chi connectivity index (χ3v) is 5.60. The summed E-state index contributed by atoms with van der Waals surface area (Å²) in [7, 11) is 1.31. The highest BCUT2D eigenvalue weighted by atomic mass is 32.1. The van der Waals surface area contributed by atoms with E-state index in [1.54, 1.807) is 24.3 Å². The normalized spacial score (nSPS) is 13.5. The van der Waals surface area contributed by atoms with Gasteiger partial charge in [0.15, 0.2) is 0 Å². The molecule has 4 rings (SSSR count). The van der Waals surface area contributed by atoms with Gasteiger partial charge in [0.2, 0.25) is 11.6 Å². The number of hydrogen-bond donors (Lipinski definition) is 1. The van der Waals surface area contributed by atoms with E-state index >= 15 is 0 Å². The predicted octanol–water partition coefficient (Wildman–Crippen LogP) is 5.56. The highest BCUT2D eigenvalue weighted by Crippen LogP contribution is 2.34. The fourth-order valence-corrected chi connectivity index (χ4v) is 4.03. The highest BCUT2D eigenvalue weighted by molar-refractivity contribution is 7.17. The first-order chi connectivity index (χ1) is 16.3. The summed E-state index contributed by atoms with van der Waals surface area (Å²) in [5.74, 6) is -0.604. The number of methoxy groups -OCH3 is 1. The Kier molecular flexibility index (Phi) is 5.01. The number of thiophene rings is 1. The topological polar surface area (TPSA) is 81.8 Å². The van der Waals surface area contributed by atoms with Crippen molar-refractivity contribution in [2.75, 3.05) is 13.7 Å². The van der Waals surface area contributed by atoms with Gasteiger partial charge < -0.3 is 19.0 Å². The maximum absolute atomic E-state index is 11.3. The van der Waals surface area contributed by atoms with E-state index < -0.39 is 12.8 Å². The lowest BCUT2D eigenvalue weighted by Crippen LogP contribution is -2.03. The van der Waals surface area contributed by atoms with Gasteiger partial charge in [-0.05, 0) is 54.2 Å². The Morgan fingerprint density at radius 1 is 1.26 bits per heavy atom. The Labute approximate surface area is 187 Å². The van der Waals surface area contributed by atoms with E-state index in [0.717, 1.165) is 10.1 Å². The molecule has 158 valence electrons. The second-order valence-corrected chi connectivity index (χ2v) is 7.51. The lowest BCUT2D eigenvalue weighted by molar-refractivity contribution is -0.135. The van der Waals surface area contributed by atoms with Crippen LogP contribution < -0.4 is 4.74 Å². The number of aryl methyl sites for hydroxylation is 1. The number of benzene rings is 2. The number of oxazole rings is 1. The van der Waals surface area contributed by atoms with Gasteiger partial charge in [-0.25, -0.2) is 9.78 Å². The molecule has 2 heterocycles. The van der Waals surface area contributed by atoms with Crippen LogP contribution >= 0.6 is 11.3 Å². The van der Waals surface area contributed by atoms with Gasteiger partial charge in [-0.2, -0.15) is 0 Å². The quantitative estimate of drug-likeness (QED) is 0.287. The molecule has 0 radical (unpaired) electrons. The van der Waals surface area contributed by atoms with E-state index in [1.165, 1.54) is 24.5 Å². The van der Waals surface area contributed by atoms with E-state index in [9.17, 15) is 9.90 Å². The molecule has 0 unspecified atom stereocenters. The predicted molar refractivity (Wildman–Crippen MR) is 120 cm³/mol. The Hall–Kier alpha value is -3.58. The lowest BCUT2D eigenvalue weighted by atomic mass is 10.1. The van der Waals surface area contributed by atoms with Crippen LogP contribution in [0.25, 0.3) is 27.6 Å². The molecule has 0 amide bonds. The average molecular weight is 439 g/mol. The van der Waals surface area contributed by atoms with Gasteiger partial charge in [0.1, 0.15) is 11.5 Å². The Morgan fingerprint density at radius 2 is 2.10 bits per heavy atom. The molecule has 0 fully saturated rings.